The van der Waals surface area contributed by atoms with Crippen molar-refractivity contribution in [2.45, 2.75) is 26.9 Å². The largest absolute Gasteiger partial charge is 0.458 e. The van der Waals surface area contributed by atoms with E-state index in [1.54, 1.807) is 13.0 Å². The highest BCUT2D eigenvalue weighted by molar-refractivity contribution is 7.12. The Labute approximate surface area is 86.7 Å². The molecule has 1 aromatic rings. The van der Waals surface area contributed by atoms with Crippen LogP contribution < -0.4 is 0 Å². The normalized spacial score (nSPS) is 12.2. The van der Waals surface area contributed by atoms with Crippen LogP contribution in [-0.4, -0.2) is 11.8 Å². The van der Waals surface area contributed by atoms with E-state index < -0.39 is 0 Å². The summed E-state index contributed by atoms with van der Waals surface area (Å²) >= 11 is 1.37. The van der Waals surface area contributed by atoms with Crippen molar-refractivity contribution in [3.63, 3.8) is 0 Å². The molecule has 0 fully saturated rings. The summed E-state index contributed by atoms with van der Waals surface area (Å²) in [5, 5.41) is 1.84. The fraction of sp³-hybridized carbons (Fsp3) is 0.400. The van der Waals surface area contributed by atoms with Crippen molar-refractivity contribution in [2.24, 2.45) is 0 Å². The number of thiophene rings is 1. The Morgan fingerprint density at radius 1 is 1.43 bits per heavy atom. The second-order valence-corrected chi connectivity index (χ2v) is 3.96. The highest BCUT2D eigenvalue weighted by Crippen LogP contribution is 2.23. The minimum Gasteiger partial charge on any atom is -0.458 e. The topological polar surface area (TPSA) is 43.4 Å². The van der Waals surface area contributed by atoms with Gasteiger partial charge in [0.2, 0.25) is 0 Å². The van der Waals surface area contributed by atoms with Gasteiger partial charge in [-0.2, -0.15) is 0 Å². The third kappa shape index (κ3) is 2.67. The molecule has 1 aromatic heterocycles. The van der Waals surface area contributed by atoms with Gasteiger partial charge in [-0.05, 0) is 25.3 Å². The molecule has 0 spiro atoms. The number of ether oxygens (including phenoxy) is 1. The zero-order valence-corrected chi connectivity index (χ0v) is 9.18. The van der Waals surface area contributed by atoms with E-state index >= 15 is 0 Å². The third-order valence-corrected chi connectivity index (χ3v) is 2.83. The summed E-state index contributed by atoms with van der Waals surface area (Å²) in [6, 6.07) is 1.76. The minimum absolute atomic E-state index is 0.0382. The van der Waals surface area contributed by atoms with Crippen molar-refractivity contribution in [3.05, 3.63) is 21.9 Å². The Kier molecular flexibility index (Phi) is 3.41. The van der Waals surface area contributed by atoms with E-state index in [4.69, 9.17) is 4.74 Å². The van der Waals surface area contributed by atoms with Crippen LogP contribution in [0, 0.1) is 0 Å². The number of esters is 1. The molecule has 0 aliphatic rings. The van der Waals surface area contributed by atoms with Crippen LogP contribution in [0.1, 0.15) is 42.1 Å². The maximum Gasteiger partial charge on any atom is 0.303 e. The number of carbonyl (C=O) groups is 2. The third-order valence-electron chi connectivity index (χ3n) is 1.78. The molecule has 3 nitrogen and oxygen atoms in total. The van der Waals surface area contributed by atoms with E-state index in [2.05, 4.69) is 0 Å². The summed E-state index contributed by atoms with van der Waals surface area (Å²) in [5.74, 6) is -0.274. The second-order valence-electron chi connectivity index (χ2n) is 3.05. The zero-order valence-electron chi connectivity index (χ0n) is 8.37. The molecule has 1 atom stereocenters. The fourth-order valence-electron chi connectivity index (χ4n) is 1.07. The van der Waals surface area contributed by atoms with Gasteiger partial charge >= 0.3 is 5.97 Å². The molecule has 1 unspecified atom stereocenters. The first-order valence-electron chi connectivity index (χ1n) is 4.27. The summed E-state index contributed by atoms with van der Waals surface area (Å²) in [6.45, 7) is 4.67. The maximum atomic E-state index is 11.0. The summed E-state index contributed by atoms with van der Waals surface area (Å²) < 4.78 is 4.99. The smallest absolute Gasteiger partial charge is 0.303 e. The zero-order chi connectivity index (χ0) is 10.7. The van der Waals surface area contributed by atoms with Crippen molar-refractivity contribution < 1.29 is 14.3 Å². The van der Waals surface area contributed by atoms with Crippen molar-refractivity contribution in [3.8, 4) is 0 Å². The standard InChI is InChI=1S/C10H12O3S/c1-6(11)10-4-9(5-14-10)7(2)13-8(3)12/h4-5,7H,1-3H3. The number of Topliss-reactive ketones (excluding diaryl/α,β-unsaturated/α-hetero) is 1. The quantitative estimate of drug-likeness (QED) is 0.571. The van der Waals surface area contributed by atoms with Gasteiger partial charge in [0.05, 0.1) is 4.88 Å². The van der Waals surface area contributed by atoms with Crippen LogP contribution in [-0.2, 0) is 9.53 Å². The highest BCUT2D eigenvalue weighted by Gasteiger charge is 2.12. The maximum absolute atomic E-state index is 11.0. The average molecular weight is 212 g/mol. The molecule has 0 saturated heterocycles. The summed E-state index contributed by atoms with van der Waals surface area (Å²) in [6.07, 6.45) is -0.281. The van der Waals surface area contributed by atoms with Crippen LogP contribution in [0.15, 0.2) is 11.4 Å². The lowest BCUT2D eigenvalue weighted by Crippen LogP contribution is -2.03. The second kappa shape index (κ2) is 4.37. The van der Waals surface area contributed by atoms with Crippen molar-refractivity contribution in [1.82, 2.24) is 0 Å². The lowest BCUT2D eigenvalue weighted by Gasteiger charge is -2.08. The van der Waals surface area contributed by atoms with Gasteiger partial charge in [-0.3, -0.25) is 9.59 Å². The van der Waals surface area contributed by atoms with Gasteiger partial charge in [-0.1, -0.05) is 0 Å². The van der Waals surface area contributed by atoms with E-state index in [-0.39, 0.29) is 17.9 Å². The molecular weight excluding hydrogens is 200 g/mol. The van der Waals surface area contributed by atoms with Gasteiger partial charge in [0.15, 0.2) is 5.78 Å². The Bertz CT molecular complexity index is 354. The predicted octanol–water partition coefficient (Wildman–Crippen LogP) is 2.57. The van der Waals surface area contributed by atoms with Gasteiger partial charge in [-0.15, -0.1) is 11.3 Å². The monoisotopic (exact) mass is 212 g/mol. The Hall–Kier alpha value is -1.16. The van der Waals surface area contributed by atoms with E-state index in [0.717, 1.165) is 5.56 Å². The number of carbonyl (C=O) groups excluding carboxylic acids is 2. The number of ketones is 1. The lowest BCUT2D eigenvalue weighted by atomic mass is 10.2. The van der Waals surface area contributed by atoms with Gasteiger partial charge < -0.3 is 4.74 Å². The Morgan fingerprint density at radius 3 is 2.50 bits per heavy atom. The van der Waals surface area contributed by atoms with Crippen LogP contribution in [0.25, 0.3) is 0 Å². The summed E-state index contributed by atoms with van der Waals surface area (Å²) in [7, 11) is 0. The van der Waals surface area contributed by atoms with Crippen LogP contribution >= 0.6 is 11.3 Å². The van der Waals surface area contributed by atoms with Crippen LogP contribution in [0.2, 0.25) is 0 Å². The first kappa shape index (κ1) is 10.9. The molecule has 0 radical (unpaired) electrons. The van der Waals surface area contributed by atoms with Crippen molar-refractivity contribution in [1.29, 1.82) is 0 Å². The Morgan fingerprint density at radius 2 is 2.07 bits per heavy atom. The summed E-state index contributed by atoms with van der Waals surface area (Å²) in [5.41, 5.74) is 0.871. The first-order chi connectivity index (χ1) is 6.50. The SMILES string of the molecule is CC(=O)OC(C)c1csc(C(C)=O)c1. The number of rotatable bonds is 3. The van der Waals surface area contributed by atoms with Gasteiger partial charge in [0.25, 0.3) is 0 Å². The molecule has 76 valence electrons. The minimum atomic E-state index is -0.312. The molecule has 4 heteroatoms. The summed E-state index contributed by atoms with van der Waals surface area (Å²) in [4.78, 5) is 22.4. The molecule has 0 saturated carbocycles. The van der Waals surface area contributed by atoms with Gasteiger partial charge in [-0.25, -0.2) is 0 Å². The first-order valence-corrected chi connectivity index (χ1v) is 5.15. The fourth-order valence-corrected chi connectivity index (χ4v) is 1.96. The van der Waals surface area contributed by atoms with Crippen LogP contribution in [0.3, 0.4) is 0 Å². The number of hydrogen-bond acceptors (Lipinski definition) is 4. The van der Waals surface area contributed by atoms with Gasteiger partial charge in [0, 0.05) is 12.5 Å². The van der Waals surface area contributed by atoms with E-state index in [1.807, 2.05) is 5.38 Å². The average Bonchev–Trinajstić information content (AvgIpc) is 2.50. The molecular formula is C10H12O3S. The molecule has 0 aromatic carbocycles. The highest BCUT2D eigenvalue weighted by atomic mass is 32.1. The molecule has 0 aliphatic heterocycles. The van der Waals surface area contributed by atoms with Crippen LogP contribution in [0.5, 0.6) is 0 Å². The van der Waals surface area contributed by atoms with Gasteiger partial charge in [0.1, 0.15) is 6.10 Å². The Balaban J connectivity index is 2.76. The van der Waals surface area contributed by atoms with E-state index in [9.17, 15) is 9.59 Å². The molecule has 0 N–H and O–H groups in total. The molecule has 0 aliphatic carbocycles. The predicted molar refractivity (Wildman–Crippen MR) is 54.5 cm³/mol. The molecule has 14 heavy (non-hydrogen) atoms. The van der Waals surface area contributed by atoms with Crippen LogP contribution in [0.4, 0.5) is 0 Å². The van der Waals surface area contributed by atoms with Crippen molar-refractivity contribution >= 4 is 23.1 Å². The lowest BCUT2D eigenvalue weighted by molar-refractivity contribution is -0.145. The molecule has 1 rings (SSSR count). The molecule has 1 heterocycles. The number of hydrogen-bond donors (Lipinski definition) is 0. The molecule has 0 amide bonds. The van der Waals surface area contributed by atoms with E-state index in [0.29, 0.717) is 4.88 Å². The van der Waals surface area contributed by atoms with Crippen molar-refractivity contribution in [2.75, 3.05) is 0 Å². The molecule has 0 bridgehead atoms. The van der Waals surface area contributed by atoms with E-state index in [1.165, 1.54) is 25.2 Å².